The predicted molar refractivity (Wildman–Crippen MR) is 100 cm³/mol. The maximum atomic E-state index is 12.5. The van der Waals surface area contributed by atoms with Crippen LogP contribution in [-0.2, 0) is 9.47 Å². The molecule has 6 heteroatoms. The van der Waals surface area contributed by atoms with Crippen molar-refractivity contribution in [2.45, 2.75) is 37.8 Å². The van der Waals surface area contributed by atoms with Crippen LogP contribution in [0.5, 0.6) is 0 Å². The zero-order valence-corrected chi connectivity index (χ0v) is 14.5. The van der Waals surface area contributed by atoms with Gasteiger partial charge in [0, 0.05) is 28.7 Å². The van der Waals surface area contributed by atoms with E-state index in [0.717, 1.165) is 28.2 Å². The molecule has 2 unspecified atom stereocenters. The summed E-state index contributed by atoms with van der Waals surface area (Å²) in [7, 11) is 0. The number of hydrogen-bond acceptors (Lipinski definition) is 5. The van der Waals surface area contributed by atoms with Gasteiger partial charge in [-0.2, -0.15) is 0 Å². The monoisotopic (exact) mass is 351 g/mol. The van der Waals surface area contributed by atoms with E-state index in [1.807, 2.05) is 19.1 Å². The van der Waals surface area contributed by atoms with E-state index < -0.39 is 0 Å². The number of aromatic nitrogens is 1. The van der Waals surface area contributed by atoms with Gasteiger partial charge >= 0.3 is 0 Å². The molecule has 134 valence electrons. The van der Waals surface area contributed by atoms with Crippen molar-refractivity contribution < 1.29 is 9.47 Å². The molecule has 6 nitrogen and oxygen atoms in total. The number of aromatic amines is 1. The number of nitrogens with one attached hydrogen (secondary N) is 2. The third-order valence-corrected chi connectivity index (χ3v) is 5.48. The van der Waals surface area contributed by atoms with Gasteiger partial charge in [-0.1, -0.05) is 24.3 Å². The molecule has 0 radical (unpaired) electrons. The molecule has 2 atom stereocenters. The lowest BCUT2D eigenvalue weighted by atomic mass is 9.88. The summed E-state index contributed by atoms with van der Waals surface area (Å²) in [6, 6.07) is 7.99. The molecule has 26 heavy (non-hydrogen) atoms. The average Bonchev–Trinajstić information content (AvgIpc) is 3.05. The van der Waals surface area contributed by atoms with E-state index in [2.05, 4.69) is 34.6 Å². The lowest BCUT2D eigenvalue weighted by Crippen LogP contribution is -2.46. The third-order valence-electron chi connectivity index (χ3n) is 5.48. The molecule has 0 bridgehead atoms. The number of nitrogens with two attached hydrogens (primary N) is 1. The highest BCUT2D eigenvalue weighted by Crippen LogP contribution is 2.36. The largest absolute Gasteiger partial charge is 0.399 e. The highest BCUT2D eigenvalue weighted by atomic mass is 16.9. The van der Waals surface area contributed by atoms with Crippen molar-refractivity contribution in [1.82, 2.24) is 4.98 Å². The zero-order valence-electron chi connectivity index (χ0n) is 14.5. The molecule has 4 N–H and O–H groups in total. The number of nitrogen functional groups attached to an aromatic ring is 1. The summed E-state index contributed by atoms with van der Waals surface area (Å²) in [5.41, 5.74) is 9.36. The van der Waals surface area contributed by atoms with Crippen LogP contribution in [0.25, 0.3) is 12.2 Å². The standard InChI is InChI=1S/C20H21N3O3/c1-10-25-20(26-10)15-9-22-18-17(15)14-8-12(4-7-16(14)23-19(18)24)11-2-5-13(21)6-3-11/h2-3,5-8,10,12,15,20,22H,4,9,21H2,1H3,(H,23,24). The van der Waals surface area contributed by atoms with Crippen molar-refractivity contribution in [2.75, 3.05) is 17.6 Å². The van der Waals surface area contributed by atoms with Gasteiger partial charge in [-0.15, -0.1) is 0 Å². The van der Waals surface area contributed by atoms with Crippen molar-refractivity contribution in [1.29, 1.82) is 0 Å². The number of hydrogen-bond donors (Lipinski definition) is 3. The van der Waals surface area contributed by atoms with Gasteiger partial charge in [0.2, 0.25) is 0 Å². The van der Waals surface area contributed by atoms with Crippen LogP contribution in [-0.4, -0.2) is 24.1 Å². The summed E-state index contributed by atoms with van der Waals surface area (Å²) in [6.07, 6.45) is 4.72. The maximum Gasteiger partial charge on any atom is 0.272 e. The van der Waals surface area contributed by atoms with E-state index in [9.17, 15) is 4.79 Å². The summed E-state index contributed by atoms with van der Waals surface area (Å²) < 4.78 is 11.4. The fourth-order valence-electron chi connectivity index (χ4n) is 4.17. The Morgan fingerprint density at radius 2 is 1.96 bits per heavy atom. The molecule has 3 aliphatic rings. The van der Waals surface area contributed by atoms with Gasteiger partial charge in [-0.25, -0.2) is 0 Å². The highest BCUT2D eigenvalue weighted by molar-refractivity contribution is 5.61. The van der Waals surface area contributed by atoms with Crippen LogP contribution in [0.2, 0.25) is 0 Å². The van der Waals surface area contributed by atoms with Crippen molar-refractivity contribution in [3.05, 3.63) is 56.3 Å². The minimum Gasteiger partial charge on any atom is -0.399 e. The predicted octanol–water partition coefficient (Wildman–Crippen LogP) is 0.934. The molecule has 1 aromatic carbocycles. The van der Waals surface area contributed by atoms with E-state index in [1.54, 1.807) is 0 Å². The summed E-state index contributed by atoms with van der Waals surface area (Å²) in [6.45, 7) is 2.52. The van der Waals surface area contributed by atoms with Crippen LogP contribution in [0.1, 0.15) is 36.3 Å². The first-order chi connectivity index (χ1) is 12.6. The number of benzene rings is 1. The number of anilines is 2. The second-order valence-corrected chi connectivity index (χ2v) is 7.15. The molecule has 5 rings (SSSR count). The van der Waals surface area contributed by atoms with E-state index in [0.29, 0.717) is 12.2 Å². The van der Waals surface area contributed by atoms with Gasteiger partial charge in [0.1, 0.15) is 5.69 Å². The SMILES string of the molecule is CC1OC(C2CNc3c2c2c([nH]c3=O)=CCC(c3ccc(N)cc3)C=2)O1. The average molecular weight is 351 g/mol. The lowest BCUT2D eigenvalue weighted by Gasteiger charge is -2.37. The van der Waals surface area contributed by atoms with Gasteiger partial charge in [0.15, 0.2) is 12.6 Å². The van der Waals surface area contributed by atoms with Gasteiger partial charge in [-0.05, 0) is 36.6 Å². The molecule has 0 amide bonds. The molecule has 3 heterocycles. The van der Waals surface area contributed by atoms with Crippen LogP contribution >= 0.6 is 0 Å². The fourth-order valence-corrected chi connectivity index (χ4v) is 4.17. The van der Waals surface area contributed by atoms with E-state index in [-0.39, 0.29) is 30.0 Å². The van der Waals surface area contributed by atoms with Crippen LogP contribution < -0.4 is 27.2 Å². The minimum atomic E-state index is -0.296. The Bertz CT molecular complexity index is 1040. The Kier molecular flexibility index (Phi) is 3.45. The third kappa shape index (κ3) is 2.37. The molecule has 0 saturated carbocycles. The topological polar surface area (TPSA) is 89.4 Å². The molecule has 1 aliphatic carbocycles. The van der Waals surface area contributed by atoms with Gasteiger partial charge < -0.3 is 25.5 Å². The molecule has 2 aromatic rings. The van der Waals surface area contributed by atoms with Gasteiger partial charge in [-0.3, -0.25) is 4.79 Å². The van der Waals surface area contributed by atoms with Crippen molar-refractivity contribution in [3.63, 3.8) is 0 Å². The molecule has 1 saturated heterocycles. The molecule has 1 fully saturated rings. The Morgan fingerprint density at radius 3 is 2.69 bits per heavy atom. The summed E-state index contributed by atoms with van der Waals surface area (Å²) in [5.74, 6) is 0.272. The smallest absolute Gasteiger partial charge is 0.272 e. The first-order valence-electron chi connectivity index (χ1n) is 8.98. The molecular weight excluding hydrogens is 330 g/mol. The normalized spacial score (nSPS) is 28.8. The van der Waals surface area contributed by atoms with Crippen LogP contribution in [0.3, 0.4) is 0 Å². The van der Waals surface area contributed by atoms with Crippen molar-refractivity contribution in [2.24, 2.45) is 0 Å². The Hall–Kier alpha value is -2.57. The molecule has 1 aromatic heterocycles. The number of H-pyrrole nitrogens is 1. The molecule has 2 aliphatic heterocycles. The first-order valence-corrected chi connectivity index (χ1v) is 8.98. The van der Waals surface area contributed by atoms with E-state index >= 15 is 0 Å². The van der Waals surface area contributed by atoms with Gasteiger partial charge in [0.05, 0.1) is 5.92 Å². The fraction of sp³-hybridized carbons (Fsp3) is 0.350. The first kappa shape index (κ1) is 15.7. The van der Waals surface area contributed by atoms with E-state index in [1.165, 1.54) is 5.56 Å². The Labute approximate surface area is 150 Å². The number of fused-ring (bicyclic) bond motifs is 3. The summed E-state index contributed by atoms with van der Waals surface area (Å²) in [4.78, 5) is 15.5. The minimum absolute atomic E-state index is 0.0204. The summed E-state index contributed by atoms with van der Waals surface area (Å²) >= 11 is 0. The Balaban J connectivity index is 1.64. The van der Waals surface area contributed by atoms with Crippen LogP contribution in [0, 0.1) is 0 Å². The maximum absolute atomic E-state index is 12.5. The van der Waals surface area contributed by atoms with Crippen LogP contribution in [0.4, 0.5) is 11.4 Å². The van der Waals surface area contributed by atoms with E-state index in [4.69, 9.17) is 15.2 Å². The molecular formula is C20H21N3O3. The second-order valence-electron chi connectivity index (χ2n) is 7.15. The lowest BCUT2D eigenvalue weighted by molar-refractivity contribution is -0.381. The quantitative estimate of drug-likeness (QED) is 0.701. The van der Waals surface area contributed by atoms with Crippen molar-refractivity contribution >= 4 is 23.5 Å². The highest BCUT2D eigenvalue weighted by Gasteiger charge is 2.41. The van der Waals surface area contributed by atoms with Crippen molar-refractivity contribution in [3.8, 4) is 0 Å². The second kappa shape index (κ2) is 5.72. The Morgan fingerprint density at radius 1 is 1.19 bits per heavy atom. The number of pyridine rings is 1. The number of ether oxygens (including phenoxy) is 2. The number of rotatable bonds is 2. The van der Waals surface area contributed by atoms with Crippen LogP contribution in [0.15, 0.2) is 29.1 Å². The van der Waals surface area contributed by atoms with Gasteiger partial charge in [0.25, 0.3) is 5.56 Å². The molecule has 0 spiro atoms. The zero-order chi connectivity index (χ0) is 17.8. The summed E-state index contributed by atoms with van der Waals surface area (Å²) in [5, 5.41) is 5.21.